The summed E-state index contributed by atoms with van der Waals surface area (Å²) >= 11 is 0. The van der Waals surface area contributed by atoms with Gasteiger partial charge in [-0.25, -0.2) is 0 Å². The number of pyridine rings is 1. The molecule has 0 aromatic carbocycles. The van der Waals surface area contributed by atoms with Crippen LogP contribution in [0.5, 0.6) is 0 Å². The van der Waals surface area contributed by atoms with Crippen LogP contribution in [-0.2, 0) is 0 Å². The van der Waals surface area contributed by atoms with Gasteiger partial charge in [-0.15, -0.1) is 0 Å². The largest absolute Gasteiger partial charge is 0.385 e. The summed E-state index contributed by atoms with van der Waals surface area (Å²) in [5.41, 5.74) is 2.24. The summed E-state index contributed by atoms with van der Waals surface area (Å²) in [4.78, 5) is 18.6. The topological polar surface area (TPSA) is 45.2 Å². The average Bonchev–Trinajstić information content (AvgIpc) is 2.37. The van der Waals surface area contributed by atoms with E-state index in [1.807, 2.05) is 27.0 Å². The molecular formula is C15H25N3O. The van der Waals surface area contributed by atoms with Crippen molar-refractivity contribution in [3.8, 4) is 0 Å². The number of amides is 1. The first-order chi connectivity index (χ1) is 8.83. The first-order valence-corrected chi connectivity index (χ1v) is 6.82. The average molecular weight is 263 g/mol. The van der Waals surface area contributed by atoms with Crippen molar-refractivity contribution in [2.75, 3.05) is 18.9 Å². The Morgan fingerprint density at radius 1 is 1.42 bits per heavy atom. The number of aromatic nitrogens is 1. The second-order valence-corrected chi connectivity index (χ2v) is 5.43. The Bertz CT molecular complexity index is 455. The monoisotopic (exact) mass is 263 g/mol. The smallest absolute Gasteiger partial charge is 0.257 e. The highest BCUT2D eigenvalue weighted by atomic mass is 16.2. The molecule has 1 rings (SSSR count). The molecule has 0 aliphatic carbocycles. The van der Waals surface area contributed by atoms with Crippen molar-refractivity contribution in [1.82, 2.24) is 9.88 Å². The molecule has 19 heavy (non-hydrogen) atoms. The van der Waals surface area contributed by atoms with Gasteiger partial charge in [0.2, 0.25) is 0 Å². The van der Waals surface area contributed by atoms with E-state index < -0.39 is 0 Å². The van der Waals surface area contributed by atoms with Crippen LogP contribution in [0.25, 0.3) is 0 Å². The molecule has 1 amide bonds. The molecule has 1 heterocycles. The number of hydrogen-bond acceptors (Lipinski definition) is 3. The lowest BCUT2D eigenvalue weighted by molar-refractivity contribution is 0.0621. The number of nitrogens with zero attached hydrogens (tertiary/aromatic N) is 2. The molecule has 1 aromatic rings. The van der Waals surface area contributed by atoms with Crippen molar-refractivity contribution >= 4 is 11.6 Å². The summed E-state index contributed by atoms with van der Waals surface area (Å²) in [6.45, 7) is 10.9. The van der Waals surface area contributed by atoms with Gasteiger partial charge in [-0.2, -0.15) is 0 Å². The SMILES string of the molecule is CCNc1cc(C)ncc1C(=O)N(C)C(C)(C)CC. The molecular weight excluding hydrogens is 238 g/mol. The number of carbonyl (C=O) groups excluding carboxylic acids is 1. The third kappa shape index (κ3) is 3.46. The van der Waals surface area contributed by atoms with Gasteiger partial charge in [-0.05, 0) is 40.2 Å². The van der Waals surface area contributed by atoms with E-state index in [1.165, 1.54) is 0 Å². The third-order valence-electron chi connectivity index (χ3n) is 3.72. The van der Waals surface area contributed by atoms with Gasteiger partial charge in [0.1, 0.15) is 0 Å². The van der Waals surface area contributed by atoms with Gasteiger partial charge in [-0.3, -0.25) is 9.78 Å². The second-order valence-electron chi connectivity index (χ2n) is 5.43. The van der Waals surface area contributed by atoms with E-state index in [2.05, 4.69) is 31.1 Å². The minimum absolute atomic E-state index is 0.00954. The number of anilines is 1. The van der Waals surface area contributed by atoms with Crippen LogP contribution in [0.4, 0.5) is 5.69 Å². The minimum atomic E-state index is -0.161. The second kappa shape index (κ2) is 6.04. The van der Waals surface area contributed by atoms with Crippen molar-refractivity contribution in [3.05, 3.63) is 23.5 Å². The Hall–Kier alpha value is -1.58. The lowest BCUT2D eigenvalue weighted by Crippen LogP contribution is -2.44. The fraction of sp³-hybridized carbons (Fsp3) is 0.600. The Labute approximate surface area is 116 Å². The number of carbonyl (C=O) groups is 1. The summed E-state index contributed by atoms with van der Waals surface area (Å²) in [7, 11) is 1.85. The van der Waals surface area contributed by atoms with Crippen molar-refractivity contribution in [2.24, 2.45) is 0 Å². The van der Waals surface area contributed by atoms with Crippen LogP contribution in [0.2, 0.25) is 0 Å². The van der Waals surface area contributed by atoms with Gasteiger partial charge in [0.05, 0.1) is 11.3 Å². The Morgan fingerprint density at radius 3 is 2.58 bits per heavy atom. The van der Waals surface area contributed by atoms with Gasteiger partial charge >= 0.3 is 0 Å². The van der Waals surface area contributed by atoms with Gasteiger partial charge in [0.25, 0.3) is 5.91 Å². The first-order valence-electron chi connectivity index (χ1n) is 6.82. The highest BCUT2D eigenvalue weighted by Crippen LogP contribution is 2.23. The predicted molar refractivity (Wildman–Crippen MR) is 79.6 cm³/mol. The van der Waals surface area contributed by atoms with Crippen LogP contribution in [-0.4, -0.2) is 34.9 Å². The highest BCUT2D eigenvalue weighted by Gasteiger charge is 2.27. The number of hydrogen-bond donors (Lipinski definition) is 1. The molecule has 1 N–H and O–H groups in total. The maximum atomic E-state index is 12.6. The Balaban J connectivity index is 3.12. The lowest BCUT2D eigenvalue weighted by atomic mass is 9.99. The van der Waals surface area contributed by atoms with E-state index in [1.54, 1.807) is 11.1 Å². The third-order valence-corrected chi connectivity index (χ3v) is 3.72. The summed E-state index contributed by atoms with van der Waals surface area (Å²) in [5, 5.41) is 3.23. The molecule has 0 saturated heterocycles. The first kappa shape index (κ1) is 15.5. The molecule has 1 aromatic heterocycles. The van der Waals surface area contributed by atoms with Gasteiger partial charge in [0, 0.05) is 31.0 Å². The molecule has 0 radical (unpaired) electrons. The molecule has 0 saturated carbocycles. The molecule has 0 aliphatic rings. The van der Waals surface area contributed by atoms with Crippen LogP contribution in [0.3, 0.4) is 0 Å². The van der Waals surface area contributed by atoms with E-state index in [0.29, 0.717) is 5.56 Å². The molecule has 0 aliphatic heterocycles. The van der Waals surface area contributed by atoms with Crippen LogP contribution in [0.1, 0.15) is 50.2 Å². The van der Waals surface area contributed by atoms with Gasteiger partial charge in [-0.1, -0.05) is 6.92 Å². The number of aryl methyl sites for hydroxylation is 1. The molecule has 0 unspecified atom stereocenters. The predicted octanol–water partition coefficient (Wildman–Crippen LogP) is 3.08. The normalized spacial score (nSPS) is 11.3. The Kier molecular flexibility index (Phi) is 4.92. The zero-order valence-electron chi connectivity index (χ0n) is 12.9. The molecule has 106 valence electrons. The van der Waals surface area contributed by atoms with E-state index in [0.717, 1.165) is 24.3 Å². The van der Waals surface area contributed by atoms with Crippen LogP contribution in [0, 0.1) is 6.92 Å². The summed E-state index contributed by atoms with van der Waals surface area (Å²) in [6, 6.07) is 1.92. The van der Waals surface area contributed by atoms with Crippen LogP contribution in [0.15, 0.2) is 12.3 Å². The molecule has 0 atom stereocenters. The maximum absolute atomic E-state index is 12.6. The van der Waals surface area contributed by atoms with Crippen molar-refractivity contribution in [2.45, 2.75) is 46.6 Å². The van der Waals surface area contributed by atoms with Gasteiger partial charge in [0.15, 0.2) is 0 Å². The van der Waals surface area contributed by atoms with E-state index >= 15 is 0 Å². The zero-order valence-corrected chi connectivity index (χ0v) is 12.9. The van der Waals surface area contributed by atoms with E-state index in [9.17, 15) is 4.79 Å². The van der Waals surface area contributed by atoms with Crippen LogP contribution >= 0.6 is 0 Å². The molecule has 4 nitrogen and oxygen atoms in total. The fourth-order valence-corrected chi connectivity index (χ4v) is 1.76. The summed E-state index contributed by atoms with van der Waals surface area (Å²) < 4.78 is 0. The van der Waals surface area contributed by atoms with Crippen molar-refractivity contribution < 1.29 is 4.79 Å². The van der Waals surface area contributed by atoms with Crippen molar-refractivity contribution in [3.63, 3.8) is 0 Å². The Morgan fingerprint density at radius 2 is 2.05 bits per heavy atom. The summed E-state index contributed by atoms with van der Waals surface area (Å²) in [5.74, 6) is 0.00954. The summed E-state index contributed by atoms with van der Waals surface area (Å²) in [6.07, 6.45) is 2.57. The minimum Gasteiger partial charge on any atom is -0.385 e. The van der Waals surface area contributed by atoms with Crippen LogP contribution < -0.4 is 5.32 Å². The molecule has 0 spiro atoms. The molecule has 0 fully saturated rings. The fourth-order valence-electron chi connectivity index (χ4n) is 1.76. The highest BCUT2D eigenvalue weighted by molar-refractivity contribution is 5.99. The number of nitrogens with one attached hydrogen (secondary N) is 1. The van der Waals surface area contributed by atoms with Gasteiger partial charge < -0.3 is 10.2 Å². The van der Waals surface area contributed by atoms with E-state index in [-0.39, 0.29) is 11.4 Å². The standard InChI is InChI=1S/C15H25N3O/c1-7-15(4,5)18(6)14(19)12-10-17-11(3)9-13(12)16-8-2/h9-10H,7-8H2,1-6H3,(H,16,17). The van der Waals surface area contributed by atoms with Crippen molar-refractivity contribution in [1.29, 1.82) is 0 Å². The maximum Gasteiger partial charge on any atom is 0.257 e. The van der Waals surface area contributed by atoms with E-state index in [4.69, 9.17) is 0 Å². The molecule has 4 heteroatoms. The zero-order chi connectivity index (χ0) is 14.6. The quantitative estimate of drug-likeness (QED) is 0.888. The molecule has 0 bridgehead atoms. The number of rotatable bonds is 5. The lowest BCUT2D eigenvalue weighted by Gasteiger charge is -2.35.